The molecule has 0 N–H and O–H groups in total. The minimum atomic E-state index is -3.66. The summed E-state index contributed by atoms with van der Waals surface area (Å²) >= 11 is 0. The molecule has 1 heterocycles. The maximum Gasteiger partial charge on any atom is 0.253 e. The molecule has 0 unspecified atom stereocenters. The maximum atomic E-state index is 13.4. The second kappa shape index (κ2) is 10.1. The fourth-order valence-corrected chi connectivity index (χ4v) is 4.63. The Bertz CT molecular complexity index is 1000. The van der Waals surface area contributed by atoms with Crippen molar-refractivity contribution in [1.82, 2.24) is 4.90 Å². The van der Waals surface area contributed by atoms with Gasteiger partial charge >= 0.3 is 0 Å². The summed E-state index contributed by atoms with van der Waals surface area (Å²) < 4.78 is 45.3. The maximum absolute atomic E-state index is 13.4. The summed E-state index contributed by atoms with van der Waals surface area (Å²) in [6, 6.07) is 10.4. The molecule has 3 rings (SSSR count). The van der Waals surface area contributed by atoms with E-state index in [2.05, 4.69) is 0 Å². The molecule has 168 valence electrons. The molecule has 0 spiro atoms. The Hall–Kier alpha value is -2.61. The van der Waals surface area contributed by atoms with Gasteiger partial charge in [0.25, 0.3) is 5.91 Å². The second-order valence-electron chi connectivity index (χ2n) is 7.71. The summed E-state index contributed by atoms with van der Waals surface area (Å²) in [5.41, 5.74) is 1.43. The summed E-state index contributed by atoms with van der Waals surface area (Å²) in [6.07, 6.45) is 5.33. The van der Waals surface area contributed by atoms with Crippen LogP contribution in [0.3, 0.4) is 0 Å². The van der Waals surface area contributed by atoms with Gasteiger partial charge in [0.05, 0.1) is 25.1 Å². The summed E-state index contributed by atoms with van der Waals surface area (Å²) in [5.74, 6) is 0.0156. The molecular formula is C23H29FN2O4S. The Morgan fingerprint density at radius 3 is 2.29 bits per heavy atom. The predicted molar refractivity (Wildman–Crippen MR) is 119 cm³/mol. The predicted octanol–water partition coefficient (Wildman–Crippen LogP) is 4.21. The first-order valence-electron chi connectivity index (χ1n) is 10.6. The fraction of sp³-hybridized carbons (Fsp3) is 0.435. The van der Waals surface area contributed by atoms with Crippen molar-refractivity contribution in [3.05, 3.63) is 59.4 Å². The third-order valence-corrected chi connectivity index (χ3v) is 6.47. The first-order chi connectivity index (χ1) is 14.8. The monoisotopic (exact) mass is 448 g/mol. The van der Waals surface area contributed by atoms with Gasteiger partial charge < -0.3 is 9.64 Å². The number of amides is 1. The van der Waals surface area contributed by atoms with Crippen LogP contribution >= 0.6 is 0 Å². The molecule has 0 atom stereocenters. The van der Waals surface area contributed by atoms with E-state index in [0.717, 1.165) is 45.0 Å². The van der Waals surface area contributed by atoms with E-state index in [0.29, 0.717) is 29.2 Å². The molecule has 2 aromatic carbocycles. The van der Waals surface area contributed by atoms with E-state index in [1.54, 1.807) is 18.2 Å². The first-order valence-corrected chi connectivity index (χ1v) is 12.4. The van der Waals surface area contributed by atoms with Crippen molar-refractivity contribution in [2.75, 3.05) is 30.3 Å². The lowest BCUT2D eigenvalue weighted by molar-refractivity contribution is 0.0761. The summed E-state index contributed by atoms with van der Waals surface area (Å²) in [6.45, 7) is 3.68. The van der Waals surface area contributed by atoms with Gasteiger partial charge in [-0.3, -0.25) is 9.10 Å². The third-order valence-electron chi connectivity index (χ3n) is 5.33. The van der Waals surface area contributed by atoms with Crippen LogP contribution in [0, 0.1) is 5.82 Å². The van der Waals surface area contributed by atoms with E-state index in [4.69, 9.17) is 4.74 Å². The van der Waals surface area contributed by atoms with Crippen molar-refractivity contribution in [3.63, 3.8) is 0 Å². The summed E-state index contributed by atoms with van der Waals surface area (Å²) in [7, 11) is -3.66. The molecule has 1 saturated heterocycles. The van der Waals surface area contributed by atoms with E-state index in [9.17, 15) is 17.6 Å². The average Bonchev–Trinajstić information content (AvgIpc) is 3.02. The number of likely N-dealkylation sites (tertiary alicyclic amines) is 1. The average molecular weight is 449 g/mol. The molecule has 1 fully saturated rings. The molecule has 0 bridgehead atoms. The van der Waals surface area contributed by atoms with Gasteiger partial charge in [0.2, 0.25) is 10.0 Å². The van der Waals surface area contributed by atoms with Crippen LogP contribution in [0.1, 0.15) is 48.5 Å². The fourth-order valence-electron chi connectivity index (χ4n) is 3.75. The number of halogens is 1. The van der Waals surface area contributed by atoms with E-state index >= 15 is 0 Å². The number of carbonyl (C=O) groups is 1. The Labute approximate surface area is 183 Å². The zero-order valence-electron chi connectivity index (χ0n) is 18.0. The van der Waals surface area contributed by atoms with Crippen LogP contribution < -0.4 is 9.04 Å². The van der Waals surface area contributed by atoms with Gasteiger partial charge in [-0.05, 0) is 62.2 Å². The van der Waals surface area contributed by atoms with Gasteiger partial charge in [-0.1, -0.05) is 12.8 Å². The number of carbonyl (C=O) groups excluding carboxylic acids is 1. The number of sulfonamides is 1. The molecule has 6 nitrogen and oxygen atoms in total. The lowest BCUT2D eigenvalue weighted by atomic mass is 10.1. The van der Waals surface area contributed by atoms with E-state index < -0.39 is 15.8 Å². The Kier molecular flexibility index (Phi) is 7.54. The molecule has 8 heteroatoms. The summed E-state index contributed by atoms with van der Waals surface area (Å²) in [4.78, 5) is 14.9. The Morgan fingerprint density at radius 2 is 1.71 bits per heavy atom. The molecule has 0 aliphatic carbocycles. The lowest BCUT2D eigenvalue weighted by Crippen LogP contribution is -2.32. The highest BCUT2D eigenvalue weighted by molar-refractivity contribution is 7.92. The van der Waals surface area contributed by atoms with Crippen molar-refractivity contribution in [3.8, 4) is 5.75 Å². The molecule has 0 aromatic heterocycles. The number of benzene rings is 2. The lowest BCUT2D eigenvalue weighted by Gasteiger charge is -2.25. The minimum Gasteiger partial charge on any atom is -0.494 e. The number of hydrogen-bond acceptors (Lipinski definition) is 4. The highest BCUT2D eigenvalue weighted by atomic mass is 32.2. The molecular weight excluding hydrogens is 419 g/mol. The molecule has 1 aliphatic rings. The molecule has 31 heavy (non-hydrogen) atoms. The van der Waals surface area contributed by atoms with Crippen molar-refractivity contribution >= 4 is 21.6 Å². The zero-order chi connectivity index (χ0) is 22.4. The first kappa shape index (κ1) is 23.1. The van der Waals surface area contributed by atoms with Gasteiger partial charge in [-0.2, -0.15) is 0 Å². The van der Waals surface area contributed by atoms with Gasteiger partial charge in [-0.15, -0.1) is 0 Å². The Balaban J connectivity index is 1.95. The largest absolute Gasteiger partial charge is 0.494 e. The number of ether oxygens (including phenoxy) is 1. The van der Waals surface area contributed by atoms with E-state index in [1.807, 2.05) is 11.8 Å². The van der Waals surface area contributed by atoms with Gasteiger partial charge in [-0.25, -0.2) is 12.8 Å². The number of nitrogens with zero attached hydrogens (tertiary/aromatic N) is 2. The van der Waals surface area contributed by atoms with Crippen LogP contribution in [0.2, 0.25) is 0 Å². The normalized spacial score (nSPS) is 14.7. The summed E-state index contributed by atoms with van der Waals surface area (Å²) in [5, 5.41) is 0. The van der Waals surface area contributed by atoms with Crippen LogP contribution in [-0.2, 0) is 16.6 Å². The van der Waals surface area contributed by atoms with E-state index in [1.165, 1.54) is 28.6 Å². The molecule has 1 amide bonds. The SMILES string of the molecule is CCOc1ccc(C(=O)N2CCCCCC2)cc1CN(c1ccc(F)cc1)S(C)(=O)=O. The quantitative estimate of drug-likeness (QED) is 0.637. The van der Waals surface area contributed by atoms with Crippen LogP contribution in [0.4, 0.5) is 10.1 Å². The van der Waals surface area contributed by atoms with Gasteiger partial charge in [0, 0.05) is 24.2 Å². The number of hydrogen-bond donors (Lipinski definition) is 0. The van der Waals surface area contributed by atoms with Gasteiger partial charge in [0.1, 0.15) is 11.6 Å². The smallest absolute Gasteiger partial charge is 0.253 e. The van der Waals surface area contributed by atoms with Gasteiger partial charge in [0.15, 0.2) is 0 Å². The molecule has 2 aromatic rings. The van der Waals surface area contributed by atoms with Crippen LogP contribution in [0.5, 0.6) is 5.75 Å². The third kappa shape index (κ3) is 5.97. The highest BCUT2D eigenvalue weighted by Gasteiger charge is 2.23. The van der Waals surface area contributed by atoms with Crippen LogP contribution in [0.15, 0.2) is 42.5 Å². The minimum absolute atomic E-state index is 0.0269. The van der Waals surface area contributed by atoms with Crippen molar-refractivity contribution < 1.29 is 22.3 Å². The van der Waals surface area contributed by atoms with Crippen molar-refractivity contribution in [2.24, 2.45) is 0 Å². The topological polar surface area (TPSA) is 66.9 Å². The van der Waals surface area contributed by atoms with Crippen molar-refractivity contribution in [1.29, 1.82) is 0 Å². The molecule has 0 radical (unpaired) electrons. The zero-order valence-corrected chi connectivity index (χ0v) is 18.8. The number of rotatable bonds is 7. The van der Waals surface area contributed by atoms with Crippen LogP contribution in [-0.4, -0.2) is 45.2 Å². The van der Waals surface area contributed by atoms with E-state index in [-0.39, 0.29) is 12.5 Å². The highest BCUT2D eigenvalue weighted by Crippen LogP contribution is 2.28. The second-order valence-corrected chi connectivity index (χ2v) is 9.61. The molecule has 1 aliphatic heterocycles. The molecule has 0 saturated carbocycles. The van der Waals surface area contributed by atoms with Crippen LogP contribution in [0.25, 0.3) is 0 Å². The standard InChI is InChI=1S/C23H29FN2O4S/c1-3-30-22-13-8-18(23(27)25-14-6-4-5-7-15-25)16-19(22)17-26(31(2,28)29)21-11-9-20(24)10-12-21/h8-13,16H,3-7,14-15,17H2,1-2H3. The Morgan fingerprint density at radius 1 is 1.06 bits per heavy atom. The van der Waals surface area contributed by atoms with Crippen molar-refractivity contribution in [2.45, 2.75) is 39.2 Å². The number of anilines is 1.